The lowest BCUT2D eigenvalue weighted by atomic mass is 9.86. The molecule has 3 fully saturated rings. The Morgan fingerprint density at radius 2 is 1.58 bits per heavy atom. The van der Waals surface area contributed by atoms with Crippen molar-refractivity contribution in [2.75, 3.05) is 50.0 Å². The Morgan fingerprint density at radius 3 is 2.24 bits per heavy atom. The van der Waals surface area contributed by atoms with E-state index in [0.29, 0.717) is 44.9 Å². The number of piperidine rings is 2. The van der Waals surface area contributed by atoms with Gasteiger partial charge in [0, 0.05) is 31.9 Å². The van der Waals surface area contributed by atoms with E-state index >= 15 is 0 Å². The normalized spacial score (nSPS) is 21.0. The highest BCUT2D eigenvalue weighted by Gasteiger charge is 2.55. The van der Waals surface area contributed by atoms with Gasteiger partial charge in [-0.3, -0.25) is 9.59 Å². The number of carbonyl (C=O) groups is 2. The summed E-state index contributed by atoms with van der Waals surface area (Å²) in [5, 5.41) is 0. The second-order valence-corrected chi connectivity index (χ2v) is 13.6. The largest absolute Gasteiger partial charge is 0.341 e. The van der Waals surface area contributed by atoms with Crippen molar-refractivity contribution in [3.05, 3.63) is 30.3 Å². The molecule has 38 heavy (non-hydrogen) atoms. The molecule has 3 aliphatic heterocycles. The highest BCUT2D eigenvalue weighted by Crippen LogP contribution is 2.40. The second-order valence-electron chi connectivity index (χ2n) is 11.5. The molecular weight excluding hydrogens is 500 g/mol. The summed E-state index contributed by atoms with van der Waals surface area (Å²) in [6.07, 6.45) is 9.12. The molecule has 0 aromatic heterocycles. The zero-order valence-corrected chi connectivity index (χ0v) is 24.1. The van der Waals surface area contributed by atoms with Crippen LogP contribution >= 0.6 is 0 Å². The molecule has 1 aromatic rings. The molecule has 9 heteroatoms. The third kappa shape index (κ3) is 6.53. The molecule has 212 valence electrons. The van der Waals surface area contributed by atoms with Gasteiger partial charge in [-0.25, -0.2) is 12.7 Å². The van der Waals surface area contributed by atoms with Crippen molar-refractivity contribution < 1.29 is 18.0 Å². The highest BCUT2D eigenvalue weighted by molar-refractivity contribution is 7.89. The molecule has 3 aliphatic rings. The number of para-hydroxylation sites is 1. The van der Waals surface area contributed by atoms with Crippen LogP contribution in [0.25, 0.3) is 0 Å². The summed E-state index contributed by atoms with van der Waals surface area (Å²) in [5.41, 5.74) is 0.121. The highest BCUT2D eigenvalue weighted by atomic mass is 32.2. The molecule has 0 unspecified atom stereocenters. The molecular formula is C29H46N4O4S. The average Bonchev–Trinajstić information content (AvgIpc) is 3.17. The van der Waals surface area contributed by atoms with Crippen LogP contribution in [-0.4, -0.2) is 85.0 Å². The molecule has 0 atom stereocenters. The smallest absolute Gasteiger partial charge is 0.250 e. The van der Waals surface area contributed by atoms with Crippen LogP contribution < -0.4 is 4.90 Å². The van der Waals surface area contributed by atoms with Crippen LogP contribution in [0.15, 0.2) is 30.3 Å². The van der Waals surface area contributed by atoms with E-state index in [1.165, 1.54) is 12.8 Å². The van der Waals surface area contributed by atoms with E-state index in [9.17, 15) is 18.0 Å². The van der Waals surface area contributed by atoms with Gasteiger partial charge in [-0.05, 0) is 50.2 Å². The minimum atomic E-state index is -3.34. The van der Waals surface area contributed by atoms with Crippen molar-refractivity contribution in [3.63, 3.8) is 0 Å². The Morgan fingerprint density at radius 1 is 0.947 bits per heavy atom. The minimum Gasteiger partial charge on any atom is -0.341 e. The summed E-state index contributed by atoms with van der Waals surface area (Å²) >= 11 is 0. The molecule has 4 rings (SSSR count). The van der Waals surface area contributed by atoms with Gasteiger partial charge in [0.25, 0.3) is 0 Å². The Hall–Kier alpha value is -2.13. The van der Waals surface area contributed by atoms with Gasteiger partial charge in [0.1, 0.15) is 12.1 Å². The first kappa shape index (κ1) is 28.9. The van der Waals surface area contributed by atoms with Gasteiger partial charge in [-0.1, -0.05) is 64.2 Å². The molecule has 1 spiro atoms. The number of nitrogens with zero attached hydrogens (tertiary/aromatic N) is 4. The van der Waals surface area contributed by atoms with Gasteiger partial charge >= 0.3 is 0 Å². The lowest BCUT2D eigenvalue weighted by molar-refractivity contribution is -0.141. The minimum absolute atomic E-state index is 0.00858. The maximum absolute atomic E-state index is 13.9. The fraction of sp³-hybridized carbons (Fsp3) is 0.724. The molecule has 0 saturated carbocycles. The van der Waals surface area contributed by atoms with Crippen LogP contribution in [0.2, 0.25) is 0 Å². The standard InChI is InChI=1S/C29H46N4O4S/c1-3-4-5-6-7-11-22-38(36,37)32-20-16-29(17-21-32)28(35)31(24-33(29)26-12-9-8-10-13-26)23-27(34)30-18-14-25(2)15-19-30/h8-10,12-13,25H,3-7,11,14-24H2,1-2H3. The monoisotopic (exact) mass is 546 g/mol. The summed E-state index contributed by atoms with van der Waals surface area (Å²) in [6.45, 7) is 6.99. The van der Waals surface area contributed by atoms with Gasteiger partial charge in [-0.2, -0.15) is 0 Å². The van der Waals surface area contributed by atoms with Gasteiger partial charge in [0.15, 0.2) is 0 Å². The van der Waals surface area contributed by atoms with Crippen LogP contribution in [-0.2, 0) is 19.6 Å². The van der Waals surface area contributed by atoms with E-state index in [0.717, 1.165) is 50.9 Å². The quantitative estimate of drug-likeness (QED) is 0.391. The number of benzene rings is 1. The molecule has 3 saturated heterocycles. The number of carbonyl (C=O) groups excluding carboxylic acids is 2. The van der Waals surface area contributed by atoms with E-state index in [1.807, 2.05) is 35.2 Å². The Bertz CT molecular complexity index is 1030. The van der Waals surface area contributed by atoms with Gasteiger partial charge in [0.05, 0.1) is 12.4 Å². The number of hydrogen-bond acceptors (Lipinski definition) is 5. The van der Waals surface area contributed by atoms with Crippen molar-refractivity contribution in [1.29, 1.82) is 0 Å². The van der Waals surface area contributed by atoms with Gasteiger partial charge < -0.3 is 14.7 Å². The number of hydrogen-bond donors (Lipinski definition) is 0. The predicted octanol–water partition coefficient (Wildman–Crippen LogP) is 4.08. The lowest BCUT2D eigenvalue weighted by Crippen LogP contribution is -2.57. The first-order valence-electron chi connectivity index (χ1n) is 14.6. The van der Waals surface area contributed by atoms with Crippen LogP contribution in [0.4, 0.5) is 5.69 Å². The van der Waals surface area contributed by atoms with Crippen molar-refractivity contribution in [2.45, 2.75) is 83.6 Å². The van der Waals surface area contributed by atoms with E-state index in [2.05, 4.69) is 18.7 Å². The molecule has 1 aromatic carbocycles. The van der Waals surface area contributed by atoms with Crippen LogP contribution in [0, 0.1) is 5.92 Å². The zero-order valence-electron chi connectivity index (χ0n) is 23.3. The molecule has 0 radical (unpaired) electrons. The van der Waals surface area contributed by atoms with Crippen molar-refractivity contribution in [2.24, 2.45) is 5.92 Å². The summed E-state index contributed by atoms with van der Waals surface area (Å²) < 4.78 is 27.8. The fourth-order valence-corrected chi connectivity index (χ4v) is 7.74. The number of anilines is 1. The number of rotatable bonds is 11. The molecule has 8 nitrogen and oxygen atoms in total. The first-order valence-corrected chi connectivity index (χ1v) is 16.3. The summed E-state index contributed by atoms with van der Waals surface area (Å²) in [6, 6.07) is 9.85. The number of amides is 2. The van der Waals surface area contributed by atoms with Crippen LogP contribution in [0.5, 0.6) is 0 Å². The van der Waals surface area contributed by atoms with E-state index in [-0.39, 0.29) is 24.1 Å². The number of likely N-dealkylation sites (tertiary alicyclic amines) is 1. The fourth-order valence-electron chi connectivity index (χ4n) is 6.17. The van der Waals surface area contributed by atoms with Crippen LogP contribution in [0.3, 0.4) is 0 Å². The van der Waals surface area contributed by atoms with Crippen LogP contribution in [0.1, 0.15) is 78.1 Å². The maximum Gasteiger partial charge on any atom is 0.250 e. The maximum atomic E-state index is 13.9. The molecule has 3 heterocycles. The third-order valence-electron chi connectivity index (χ3n) is 8.74. The summed E-state index contributed by atoms with van der Waals surface area (Å²) in [7, 11) is -3.34. The Balaban J connectivity index is 1.42. The topological polar surface area (TPSA) is 81.2 Å². The van der Waals surface area contributed by atoms with Crippen molar-refractivity contribution >= 4 is 27.5 Å². The number of unbranched alkanes of at least 4 members (excludes halogenated alkanes) is 5. The molecule has 0 aliphatic carbocycles. The average molecular weight is 547 g/mol. The van der Waals surface area contributed by atoms with Crippen molar-refractivity contribution in [1.82, 2.24) is 14.1 Å². The second kappa shape index (κ2) is 12.8. The number of sulfonamides is 1. The Labute approximate surface area is 229 Å². The predicted molar refractivity (Wildman–Crippen MR) is 151 cm³/mol. The van der Waals surface area contributed by atoms with E-state index in [1.54, 1.807) is 9.21 Å². The van der Waals surface area contributed by atoms with Crippen molar-refractivity contribution in [3.8, 4) is 0 Å². The SMILES string of the molecule is CCCCCCCCS(=O)(=O)N1CCC2(CC1)C(=O)N(CC(=O)N1CCC(C)CC1)CN2c1ccccc1. The summed E-state index contributed by atoms with van der Waals surface area (Å²) in [4.78, 5) is 32.7. The molecule has 0 N–H and O–H groups in total. The van der Waals surface area contributed by atoms with E-state index in [4.69, 9.17) is 0 Å². The van der Waals surface area contributed by atoms with Gasteiger partial charge in [-0.15, -0.1) is 0 Å². The zero-order chi connectivity index (χ0) is 27.2. The van der Waals surface area contributed by atoms with Gasteiger partial charge in [0.2, 0.25) is 21.8 Å². The summed E-state index contributed by atoms with van der Waals surface area (Å²) in [5.74, 6) is 0.770. The third-order valence-corrected chi connectivity index (χ3v) is 10.7. The first-order chi connectivity index (χ1) is 18.3. The lowest BCUT2D eigenvalue weighted by Gasteiger charge is -2.42. The molecule has 0 bridgehead atoms. The van der Waals surface area contributed by atoms with E-state index < -0.39 is 15.6 Å². The molecule has 2 amide bonds. The Kier molecular flexibility index (Phi) is 9.74.